The van der Waals surface area contributed by atoms with Crippen LogP contribution in [0.3, 0.4) is 0 Å². The Kier molecular flexibility index (Phi) is 5.97. The molecule has 0 aliphatic carbocycles. The number of hydrogen-bond donors (Lipinski definition) is 0. The summed E-state index contributed by atoms with van der Waals surface area (Å²) in [6.07, 6.45) is 1.12. The molecule has 2 aromatic rings. The third kappa shape index (κ3) is 5.33. The minimum absolute atomic E-state index is 0.624. The Bertz CT molecular complexity index is 508. The van der Waals surface area contributed by atoms with Crippen molar-refractivity contribution in [1.82, 2.24) is 10.0 Å². The van der Waals surface area contributed by atoms with Gasteiger partial charge in [0.15, 0.2) is 0 Å². The molecular formula is C19H26N2. The van der Waals surface area contributed by atoms with Crippen molar-refractivity contribution in [1.29, 1.82) is 0 Å². The zero-order valence-electron chi connectivity index (χ0n) is 13.4. The largest absolute Gasteiger partial charge is 0.248 e. The normalized spacial score (nSPS) is 12.8. The maximum atomic E-state index is 2.41. The maximum absolute atomic E-state index is 2.41. The number of rotatable bonds is 7. The molecule has 0 heterocycles. The van der Waals surface area contributed by atoms with Crippen LogP contribution in [0.5, 0.6) is 0 Å². The Labute approximate surface area is 129 Å². The lowest BCUT2D eigenvalue weighted by Gasteiger charge is -2.31. The lowest BCUT2D eigenvalue weighted by molar-refractivity contribution is 0.00319. The first kappa shape index (κ1) is 15.7. The molecule has 0 spiro atoms. The van der Waals surface area contributed by atoms with Gasteiger partial charge in [0.2, 0.25) is 0 Å². The van der Waals surface area contributed by atoms with Crippen LogP contribution in [0.25, 0.3) is 0 Å². The Morgan fingerprint density at radius 3 is 1.86 bits per heavy atom. The van der Waals surface area contributed by atoms with Gasteiger partial charge in [0.05, 0.1) is 0 Å². The van der Waals surface area contributed by atoms with E-state index in [4.69, 9.17) is 0 Å². The van der Waals surface area contributed by atoms with Crippen LogP contribution in [0.15, 0.2) is 60.7 Å². The van der Waals surface area contributed by atoms with Crippen LogP contribution >= 0.6 is 0 Å². The first-order valence-corrected chi connectivity index (χ1v) is 7.65. The van der Waals surface area contributed by atoms with Crippen LogP contribution < -0.4 is 0 Å². The average Bonchev–Trinajstić information content (AvgIpc) is 2.48. The molecule has 0 fully saturated rings. The van der Waals surface area contributed by atoms with E-state index >= 15 is 0 Å². The van der Waals surface area contributed by atoms with Gasteiger partial charge in [-0.3, -0.25) is 0 Å². The Morgan fingerprint density at radius 1 is 0.810 bits per heavy atom. The minimum atomic E-state index is 0.624. The Balaban J connectivity index is 1.93. The van der Waals surface area contributed by atoms with Crippen molar-refractivity contribution in [3.8, 4) is 0 Å². The third-order valence-electron chi connectivity index (χ3n) is 3.72. The van der Waals surface area contributed by atoms with Crippen molar-refractivity contribution in [2.75, 3.05) is 20.6 Å². The lowest BCUT2D eigenvalue weighted by Crippen LogP contribution is -2.39. The molecule has 2 nitrogen and oxygen atoms in total. The van der Waals surface area contributed by atoms with E-state index in [1.807, 2.05) is 0 Å². The highest BCUT2D eigenvalue weighted by atomic mass is 15.6. The van der Waals surface area contributed by atoms with Crippen molar-refractivity contribution in [3.05, 3.63) is 71.8 Å². The van der Waals surface area contributed by atoms with Gasteiger partial charge in [0.1, 0.15) is 0 Å². The highest BCUT2D eigenvalue weighted by Crippen LogP contribution is 2.13. The molecule has 1 unspecified atom stereocenters. The van der Waals surface area contributed by atoms with Gasteiger partial charge >= 0.3 is 0 Å². The number of benzene rings is 2. The average molecular weight is 282 g/mol. The van der Waals surface area contributed by atoms with Crippen LogP contribution in [0, 0.1) is 5.92 Å². The van der Waals surface area contributed by atoms with Crippen LogP contribution in [-0.2, 0) is 13.0 Å². The molecule has 2 aromatic carbocycles. The van der Waals surface area contributed by atoms with Gasteiger partial charge in [0.25, 0.3) is 0 Å². The molecule has 0 N–H and O–H groups in total. The first-order chi connectivity index (χ1) is 10.1. The SMILES string of the molecule is CC(Cc1ccccc1)CN(Cc1ccccc1)N(C)C. The predicted molar refractivity (Wildman–Crippen MR) is 89.8 cm³/mol. The monoisotopic (exact) mass is 282 g/mol. The summed E-state index contributed by atoms with van der Waals surface area (Å²) >= 11 is 0. The summed E-state index contributed by atoms with van der Waals surface area (Å²) in [4.78, 5) is 0. The van der Waals surface area contributed by atoms with Gasteiger partial charge < -0.3 is 0 Å². The zero-order valence-corrected chi connectivity index (χ0v) is 13.4. The van der Waals surface area contributed by atoms with Crippen molar-refractivity contribution < 1.29 is 0 Å². The van der Waals surface area contributed by atoms with E-state index in [0.29, 0.717) is 5.92 Å². The molecule has 0 amide bonds. The third-order valence-corrected chi connectivity index (χ3v) is 3.72. The van der Waals surface area contributed by atoms with Crippen molar-refractivity contribution in [3.63, 3.8) is 0 Å². The summed E-state index contributed by atoms with van der Waals surface area (Å²) in [7, 11) is 4.25. The predicted octanol–water partition coefficient (Wildman–Crippen LogP) is 3.84. The second-order valence-electron chi connectivity index (χ2n) is 5.97. The fraction of sp³-hybridized carbons (Fsp3) is 0.368. The molecule has 0 aliphatic heterocycles. The van der Waals surface area contributed by atoms with Gasteiger partial charge in [-0.25, -0.2) is 10.0 Å². The summed E-state index contributed by atoms with van der Waals surface area (Å²) in [5.74, 6) is 0.624. The maximum Gasteiger partial charge on any atom is 0.0384 e. The number of hydrazine groups is 1. The molecule has 2 rings (SSSR count). The van der Waals surface area contributed by atoms with Gasteiger partial charge in [-0.2, -0.15) is 0 Å². The van der Waals surface area contributed by atoms with Crippen LogP contribution in [0.4, 0.5) is 0 Å². The van der Waals surface area contributed by atoms with Crippen LogP contribution in [-0.4, -0.2) is 30.7 Å². The summed E-state index contributed by atoms with van der Waals surface area (Å²) in [5, 5.41) is 4.61. The second kappa shape index (κ2) is 7.96. The molecule has 0 saturated carbocycles. The van der Waals surface area contributed by atoms with Gasteiger partial charge in [-0.1, -0.05) is 67.6 Å². The van der Waals surface area contributed by atoms with E-state index in [2.05, 4.69) is 91.7 Å². The van der Waals surface area contributed by atoms with Crippen molar-refractivity contribution >= 4 is 0 Å². The van der Waals surface area contributed by atoms with E-state index < -0.39 is 0 Å². The van der Waals surface area contributed by atoms with E-state index in [-0.39, 0.29) is 0 Å². The van der Waals surface area contributed by atoms with Crippen LogP contribution in [0.2, 0.25) is 0 Å². The molecule has 0 saturated heterocycles. The lowest BCUT2D eigenvalue weighted by atomic mass is 10.0. The highest BCUT2D eigenvalue weighted by molar-refractivity contribution is 5.16. The summed E-state index contributed by atoms with van der Waals surface area (Å²) in [5.41, 5.74) is 2.78. The topological polar surface area (TPSA) is 6.48 Å². The standard InChI is InChI=1S/C19H26N2/c1-17(14-18-10-6-4-7-11-18)15-21(20(2)3)16-19-12-8-5-9-13-19/h4-13,17H,14-16H2,1-3H3. The van der Waals surface area contributed by atoms with Gasteiger partial charge in [-0.15, -0.1) is 0 Å². The van der Waals surface area contributed by atoms with Crippen molar-refractivity contribution in [2.24, 2.45) is 5.92 Å². The minimum Gasteiger partial charge on any atom is -0.248 e. The quantitative estimate of drug-likeness (QED) is 0.712. The highest BCUT2D eigenvalue weighted by Gasteiger charge is 2.13. The summed E-state index contributed by atoms with van der Waals surface area (Å²) in [6.45, 7) is 4.36. The second-order valence-corrected chi connectivity index (χ2v) is 5.97. The van der Waals surface area contributed by atoms with E-state index in [1.54, 1.807) is 0 Å². The number of nitrogens with zero attached hydrogens (tertiary/aromatic N) is 2. The zero-order chi connectivity index (χ0) is 15.1. The molecular weight excluding hydrogens is 256 g/mol. The van der Waals surface area contributed by atoms with Crippen molar-refractivity contribution in [2.45, 2.75) is 19.9 Å². The van der Waals surface area contributed by atoms with E-state index in [0.717, 1.165) is 19.5 Å². The Hall–Kier alpha value is -1.64. The summed E-state index contributed by atoms with van der Waals surface area (Å²) in [6, 6.07) is 21.4. The smallest absolute Gasteiger partial charge is 0.0384 e. The van der Waals surface area contributed by atoms with Gasteiger partial charge in [-0.05, 0) is 23.5 Å². The molecule has 1 atom stereocenters. The Morgan fingerprint density at radius 2 is 1.33 bits per heavy atom. The molecule has 112 valence electrons. The molecule has 0 aromatic heterocycles. The fourth-order valence-corrected chi connectivity index (χ4v) is 2.60. The molecule has 2 heteroatoms. The molecule has 0 aliphatic rings. The number of hydrogen-bond acceptors (Lipinski definition) is 2. The first-order valence-electron chi connectivity index (χ1n) is 7.65. The van der Waals surface area contributed by atoms with E-state index in [9.17, 15) is 0 Å². The van der Waals surface area contributed by atoms with E-state index in [1.165, 1.54) is 11.1 Å². The molecule has 0 bridgehead atoms. The summed E-state index contributed by atoms with van der Waals surface area (Å²) < 4.78 is 0. The van der Waals surface area contributed by atoms with Crippen LogP contribution in [0.1, 0.15) is 18.1 Å². The molecule has 0 radical (unpaired) electrons. The fourth-order valence-electron chi connectivity index (χ4n) is 2.60. The molecule has 21 heavy (non-hydrogen) atoms. The van der Waals surface area contributed by atoms with Gasteiger partial charge in [0, 0.05) is 27.2 Å².